The summed E-state index contributed by atoms with van der Waals surface area (Å²) in [6.07, 6.45) is 4.88. The molecule has 0 aromatic carbocycles. The zero-order valence-electron chi connectivity index (χ0n) is 11.0. The quantitative estimate of drug-likeness (QED) is 0.619. The van der Waals surface area contributed by atoms with E-state index in [2.05, 4.69) is 27.7 Å². The number of hydrogen-bond donors (Lipinski definition) is 1. The summed E-state index contributed by atoms with van der Waals surface area (Å²) >= 11 is 0. The van der Waals surface area contributed by atoms with Gasteiger partial charge < -0.3 is 5.11 Å². The van der Waals surface area contributed by atoms with E-state index in [0.29, 0.717) is 16.7 Å². The molecule has 16 heavy (non-hydrogen) atoms. The van der Waals surface area contributed by atoms with Gasteiger partial charge in [0.15, 0.2) is 0 Å². The van der Waals surface area contributed by atoms with E-state index in [9.17, 15) is 5.11 Å². The van der Waals surface area contributed by atoms with E-state index in [-0.39, 0.29) is 6.10 Å². The molecule has 2 saturated carbocycles. The van der Waals surface area contributed by atoms with Crippen LogP contribution >= 0.6 is 0 Å². The van der Waals surface area contributed by atoms with Crippen molar-refractivity contribution in [2.75, 3.05) is 0 Å². The minimum absolute atomic E-state index is 0.145. The Kier molecular flexibility index (Phi) is 1.98. The van der Waals surface area contributed by atoms with Gasteiger partial charge in [0.2, 0.25) is 0 Å². The van der Waals surface area contributed by atoms with Crippen molar-refractivity contribution >= 4 is 0 Å². The average Bonchev–Trinajstić information content (AvgIpc) is 2.69. The Morgan fingerprint density at radius 2 is 2.00 bits per heavy atom. The highest BCUT2D eigenvalue weighted by Gasteiger charge is 2.59. The van der Waals surface area contributed by atoms with E-state index in [1.807, 2.05) is 0 Å². The Hall–Kier alpha value is -0.300. The number of aliphatic hydroxyl groups is 1. The second kappa shape index (κ2) is 2.93. The molecule has 0 aromatic heterocycles. The van der Waals surface area contributed by atoms with Gasteiger partial charge in [-0.1, -0.05) is 26.3 Å². The van der Waals surface area contributed by atoms with Gasteiger partial charge in [-0.3, -0.25) is 0 Å². The fourth-order valence-electron chi connectivity index (χ4n) is 4.94. The zero-order valence-corrected chi connectivity index (χ0v) is 11.0. The summed E-state index contributed by atoms with van der Waals surface area (Å²) in [5, 5.41) is 10.4. The van der Waals surface area contributed by atoms with Crippen molar-refractivity contribution in [1.82, 2.24) is 0 Å². The zero-order chi connectivity index (χ0) is 11.7. The fourth-order valence-corrected chi connectivity index (χ4v) is 4.94. The normalized spacial score (nSPS) is 49.7. The van der Waals surface area contributed by atoms with E-state index in [1.165, 1.54) is 30.4 Å². The van der Waals surface area contributed by atoms with Crippen LogP contribution in [0.3, 0.4) is 0 Å². The highest BCUT2D eigenvalue weighted by Crippen LogP contribution is 2.67. The Balaban J connectivity index is 2.21. The van der Waals surface area contributed by atoms with Crippen LogP contribution in [-0.4, -0.2) is 11.2 Å². The lowest BCUT2D eigenvalue weighted by Crippen LogP contribution is -2.36. The molecule has 4 atom stereocenters. The Morgan fingerprint density at radius 3 is 2.69 bits per heavy atom. The van der Waals surface area contributed by atoms with Gasteiger partial charge >= 0.3 is 0 Å². The van der Waals surface area contributed by atoms with Crippen LogP contribution in [0.1, 0.15) is 53.4 Å². The third-order valence-electron chi connectivity index (χ3n) is 6.33. The third-order valence-corrected chi connectivity index (χ3v) is 6.33. The molecule has 0 aliphatic heterocycles. The number of fused-ring (bicyclic) bond motifs is 1. The maximum absolute atomic E-state index is 10.4. The van der Waals surface area contributed by atoms with E-state index in [4.69, 9.17) is 0 Å². The first kappa shape index (κ1) is 10.8. The van der Waals surface area contributed by atoms with E-state index in [0.717, 1.165) is 12.3 Å². The first-order chi connectivity index (χ1) is 7.39. The van der Waals surface area contributed by atoms with Crippen LogP contribution in [0.4, 0.5) is 0 Å². The number of aliphatic hydroxyl groups excluding tert-OH is 1. The predicted octanol–water partition coefficient (Wildman–Crippen LogP) is 3.53. The molecule has 1 spiro atoms. The van der Waals surface area contributed by atoms with Gasteiger partial charge in [0.05, 0.1) is 6.10 Å². The largest absolute Gasteiger partial charge is 0.389 e. The summed E-state index contributed by atoms with van der Waals surface area (Å²) < 4.78 is 0. The predicted molar refractivity (Wildman–Crippen MR) is 66.0 cm³/mol. The van der Waals surface area contributed by atoms with Crippen molar-refractivity contribution < 1.29 is 5.11 Å². The van der Waals surface area contributed by atoms with Crippen molar-refractivity contribution in [1.29, 1.82) is 0 Å². The van der Waals surface area contributed by atoms with E-state index >= 15 is 0 Å². The van der Waals surface area contributed by atoms with Crippen LogP contribution in [0, 0.1) is 22.7 Å². The summed E-state index contributed by atoms with van der Waals surface area (Å²) in [6, 6.07) is 0. The number of allylic oxidation sites excluding steroid dienone is 1. The van der Waals surface area contributed by atoms with Gasteiger partial charge in [-0.05, 0) is 60.8 Å². The molecular weight excluding hydrogens is 196 g/mol. The molecule has 0 aromatic rings. The van der Waals surface area contributed by atoms with E-state index < -0.39 is 0 Å². The lowest BCUT2D eigenvalue weighted by Gasteiger charge is -2.44. The van der Waals surface area contributed by atoms with Gasteiger partial charge in [-0.2, -0.15) is 0 Å². The smallest absolute Gasteiger partial charge is 0.0761 e. The van der Waals surface area contributed by atoms with Crippen LogP contribution in [0.2, 0.25) is 0 Å². The summed E-state index contributed by atoms with van der Waals surface area (Å²) in [5.41, 5.74) is 3.67. The highest BCUT2D eigenvalue weighted by molar-refractivity contribution is 5.39. The van der Waals surface area contributed by atoms with Gasteiger partial charge in [0, 0.05) is 0 Å². The van der Waals surface area contributed by atoms with Crippen molar-refractivity contribution in [3.05, 3.63) is 11.1 Å². The molecule has 1 nitrogen and oxygen atoms in total. The third kappa shape index (κ3) is 1.01. The molecule has 3 rings (SSSR count). The standard InChI is InChI=1S/C15H24O/c1-9-7-12(16)13-10(2)14(3,4)11-5-6-15(9,13)8-11/h9,11-12,16H,5-8H2,1-4H3/t9-,11?,12+,15+/m0/s1. The first-order valence-corrected chi connectivity index (χ1v) is 6.79. The molecule has 0 saturated heterocycles. The molecule has 2 fully saturated rings. The molecule has 1 heteroatoms. The molecule has 3 aliphatic rings. The SMILES string of the molecule is CC1=C2[C@H](O)C[C@H](C)[C@]23CCC(C3)C1(C)C. The molecule has 90 valence electrons. The lowest BCUT2D eigenvalue weighted by atomic mass is 9.60. The van der Waals surface area contributed by atoms with Gasteiger partial charge in [0.25, 0.3) is 0 Å². The molecular formula is C15H24O. The summed E-state index contributed by atoms with van der Waals surface area (Å²) in [7, 11) is 0. The van der Waals surface area contributed by atoms with Crippen molar-refractivity contribution in [3.63, 3.8) is 0 Å². The Labute approximate surface area is 98.9 Å². The lowest BCUT2D eigenvalue weighted by molar-refractivity contribution is 0.174. The average molecular weight is 220 g/mol. The second-order valence-electron chi connectivity index (χ2n) is 7.01. The van der Waals surface area contributed by atoms with Crippen molar-refractivity contribution in [2.24, 2.45) is 22.7 Å². The van der Waals surface area contributed by atoms with Crippen LogP contribution in [-0.2, 0) is 0 Å². The summed E-state index contributed by atoms with van der Waals surface area (Å²) in [4.78, 5) is 0. The van der Waals surface area contributed by atoms with Gasteiger partial charge in [-0.25, -0.2) is 0 Å². The van der Waals surface area contributed by atoms with Crippen LogP contribution in [0.15, 0.2) is 11.1 Å². The molecule has 3 aliphatic carbocycles. The number of rotatable bonds is 0. The van der Waals surface area contributed by atoms with Crippen LogP contribution in [0.25, 0.3) is 0 Å². The molecule has 0 radical (unpaired) electrons. The minimum Gasteiger partial charge on any atom is -0.389 e. The summed E-state index contributed by atoms with van der Waals surface area (Å²) in [6.45, 7) is 9.39. The molecule has 1 unspecified atom stereocenters. The Bertz CT molecular complexity index is 366. The molecule has 1 N–H and O–H groups in total. The van der Waals surface area contributed by atoms with Crippen LogP contribution < -0.4 is 0 Å². The number of hydrogen-bond acceptors (Lipinski definition) is 1. The maximum Gasteiger partial charge on any atom is 0.0761 e. The van der Waals surface area contributed by atoms with Crippen molar-refractivity contribution in [3.8, 4) is 0 Å². The molecule has 0 heterocycles. The van der Waals surface area contributed by atoms with E-state index in [1.54, 1.807) is 0 Å². The second-order valence-corrected chi connectivity index (χ2v) is 7.01. The van der Waals surface area contributed by atoms with Gasteiger partial charge in [0.1, 0.15) is 0 Å². The van der Waals surface area contributed by atoms with Gasteiger partial charge in [-0.15, -0.1) is 0 Å². The van der Waals surface area contributed by atoms with Crippen molar-refractivity contribution in [2.45, 2.75) is 59.5 Å². The first-order valence-electron chi connectivity index (χ1n) is 6.79. The topological polar surface area (TPSA) is 20.2 Å². The molecule has 2 bridgehead atoms. The monoisotopic (exact) mass is 220 g/mol. The highest BCUT2D eigenvalue weighted by atomic mass is 16.3. The fraction of sp³-hybridized carbons (Fsp3) is 0.867. The maximum atomic E-state index is 10.4. The van der Waals surface area contributed by atoms with Crippen LogP contribution in [0.5, 0.6) is 0 Å². The Morgan fingerprint density at radius 1 is 1.31 bits per heavy atom. The molecule has 0 amide bonds. The summed E-state index contributed by atoms with van der Waals surface area (Å²) in [5.74, 6) is 1.54. The minimum atomic E-state index is -0.145.